The predicted molar refractivity (Wildman–Crippen MR) is 93.5 cm³/mol. The number of anilines is 1. The van der Waals surface area contributed by atoms with Crippen molar-refractivity contribution in [2.45, 2.75) is 12.8 Å². The van der Waals surface area contributed by atoms with Crippen molar-refractivity contribution in [3.05, 3.63) is 45.7 Å². The van der Waals surface area contributed by atoms with Crippen LogP contribution in [0.15, 0.2) is 40.2 Å². The number of fused-ring (bicyclic) bond motifs is 1. The molecule has 1 aliphatic rings. The van der Waals surface area contributed by atoms with Gasteiger partial charge in [0.15, 0.2) is 0 Å². The molecule has 0 radical (unpaired) electrons. The number of alkyl halides is 3. The fourth-order valence-corrected chi connectivity index (χ4v) is 4.19. The third-order valence-electron chi connectivity index (χ3n) is 3.77. The predicted octanol–water partition coefficient (Wildman–Crippen LogP) is 5.23. The molecule has 0 amide bonds. The van der Waals surface area contributed by atoms with Gasteiger partial charge in [-0.2, -0.15) is 5.10 Å². The first kappa shape index (κ1) is 16.5. The van der Waals surface area contributed by atoms with Crippen LogP contribution in [-0.4, -0.2) is 22.7 Å². The Bertz CT molecular complexity index is 918. The third kappa shape index (κ3) is 3.25. The molecule has 0 atom stereocenters. The highest BCUT2D eigenvalue weighted by molar-refractivity contribution is 9.11. The van der Waals surface area contributed by atoms with Gasteiger partial charge in [-0.25, -0.2) is 4.68 Å². The molecule has 3 aromatic rings. The molecule has 0 unspecified atom stereocenters. The summed E-state index contributed by atoms with van der Waals surface area (Å²) in [5.74, 6) is 0.624. The van der Waals surface area contributed by atoms with Crippen LogP contribution >= 0.6 is 27.3 Å². The van der Waals surface area contributed by atoms with Crippen LogP contribution in [0.2, 0.25) is 0 Å². The minimum Gasteiger partial charge on any atom is -0.406 e. The minimum atomic E-state index is -4.70. The Labute approximate surface area is 153 Å². The van der Waals surface area contributed by atoms with E-state index in [1.807, 2.05) is 12.1 Å². The smallest absolute Gasteiger partial charge is 0.406 e. The first-order valence-electron chi connectivity index (χ1n) is 7.38. The molecule has 25 heavy (non-hydrogen) atoms. The Morgan fingerprint density at radius 2 is 1.92 bits per heavy atom. The number of nitrogens with one attached hydrogen (secondary N) is 1. The van der Waals surface area contributed by atoms with Crippen molar-refractivity contribution in [3.63, 3.8) is 0 Å². The van der Waals surface area contributed by atoms with Crippen molar-refractivity contribution in [3.8, 4) is 22.0 Å². The fraction of sp³-hybridized carbons (Fsp3) is 0.188. The van der Waals surface area contributed by atoms with Gasteiger partial charge in [-0.3, -0.25) is 0 Å². The molecule has 9 heteroatoms. The van der Waals surface area contributed by atoms with Crippen LogP contribution in [0.25, 0.3) is 16.3 Å². The molecule has 0 spiro atoms. The first-order valence-corrected chi connectivity index (χ1v) is 8.99. The zero-order chi connectivity index (χ0) is 17.6. The number of hydrogen-bond donors (Lipinski definition) is 1. The van der Waals surface area contributed by atoms with Gasteiger partial charge in [0.2, 0.25) is 0 Å². The number of halogens is 4. The van der Waals surface area contributed by atoms with Crippen LogP contribution < -0.4 is 10.1 Å². The lowest BCUT2D eigenvalue weighted by atomic mass is 10.2. The van der Waals surface area contributed by atoms with Crippen molar-refractivity contribution >= 4 is 33.1 Å². The van der Waals surface area contributed by atoms with E-state index in [0.29, 0.717) is 5.69 Å². The topological polar surface area (TPSA) is 39.1 Å². The Kier molecular flexibility index (Phi) is 3.99. The molecule has 0 saturated carbocycles. The van der Waals surface area contributed by atoms with E-state index >= 15 is 0 Å². The van der Waals surface area contributed by atoms with Gasteiger partial charge in [-0.15, -0.1) is 24.5 Å². The quantitative estimate of drug-likeness (QED) is 0.619. The number of hydrogen-bond acceptors (Lipinski definition) is 4. The highest BCUT2D eigenvalue weighted by Gasteiger charge is 2.31. The zero-order valence-corrected chi connectivity index (χ0v) is 15.0. The van der Waals surface area contributed by atoms with Gasteiger partial charge >= 0.3 is 6.36 Å². The Balaban J connectivity index is 1.71. The standard InChI is InChI=1S/C16H11BrF3N3OS/c17-13-6-5-12(25-13)14-11-7-8-21-15(11)23(22-14)9-1-3-10(4-2-9)24-16(18,19)20/h1-6,21H,7-8H2. The van der Waals surface area contributed by atoms with E-state index in [1.54, 1.807) is 28.2 Å². The van der Waals surface area contributed by atoms with Crippen LogP contribution in [0, 0.1) is 0 Å². The van der Waals surface area contributed by atoms with Crippen LogP contribution in [0.1, 0.15) is 5.56 Å². The molecule has 3 heterocycles. The second-order valence-electron chi connectivity index (χ2n) is 5.41. The Morgan fingerprint density at radius 3 is 2.56 bits per heavy atom. The second-order valence-corrected chi connectivity index (χ2v) is 7.87. The number of thiophene rings is 1. The monoisotopic (exact) mass is 429 g/mol. The maximum Gasteiger partial charge on any atom is 0.573 e. The van der Waals surface area contributed by atoms with E-state index in [0.717, 1.165) is 38.7 Å². The van der Waals surface area contributed by atoms with Gasteiger partial charge in [0.05, 0.1) is 14.4 Å². The molecule has 0 fully saturated rings. The van der Waals surface area contributed by atoms with Crippen LogP contribution in [0.4, 0.5) is 19.0 Å². The molecule has 1 aromatic carbocycles. The lowest BCUT2D eigenvalue weighted by Gasteiger charge is -2.10. The molecule has 1 aliphatic heterocycles. The summed E-state index contributed by atoms with van der Waals surface area (Å²) < 4.78 is 43.5. The van der Waals surface area contributed by atoms with E-state index in [1.165, 1.54) is 12.1 Å². The molecule has 0 bridgehead atoms. The van der Waals surface area contributed by atoms with E-state index in [2.05, 4.69) is 31.1 Å². The van der Waals surface area contributed by atoms with Crippen molar-refractivity contribution in [1.29, 1.82) is 0 Å². The molecule has 0 saturated heterocycles. The zero-order valence-electron chi connectivity index (χ0n) is 12.6. The number of aromatic nitrogens is 2. The number of nitrogens with zero attached hydrogens (tertiary/aromatic N) is 2. The summed E-state index contributed by atoms with van der Waals surface area (Å²) in [5, 5.41) is 7.97. The summed E-state index contributed by atoms with van der Waals surface area (Å²) in [6.45, 7) is 0.808. The highest BCUT2D eigenvalue weighted by atomic mass is 79.9. The van der Waals surface area contributed by atoms with E-state index < -0.39 is 6.36 Å². The first-order chi connectivity index (χ1) is 11.9. The highest BCUT2D eigenvalue weighted by Crippen LogP contribution is 2.38. The maximum atomic E-state index is 12.3. The van der Waals surface area contributed by atoms with Crippen molar-refractivity contribution < 1.29 is 17.9 Å². The average Bonchev–Trinajstić information content (AvgIpc) is 3.22. The Hall–Kier alpha value is -2.00. The molecular formula is C16H11BrF3N3OS. The number of rotatable bonds is 3. The minimum absolute atomic E-state index is 0.254. The molecule has 4 rings (SSSR count). The van der Waals surface area contributed by atoms with Crippen LogP contribution in [-0.2, 0) is 6.42 Å². The van der Waals surface area contributed by atoms with Gasteiger partial charge < -0.3 is 10.1 Å². The third-order valence-corrected chi connectivity index (χ3v) is 5.40. The normalized spacial score (nSPS) is 13.6. The summed E-state index contributed by atoms with van der Waals surface area (Å²) in [4.78, 5) is 1.04. The van der Waals surface area contributed by atoms with Crippen LogP contribution in [0.5, 0.6) is 5.75 Å². The van der Waals surface area contributed by atoms with E-state index in [-0.39, 0.29) is 5.75 Å². The summed E-state index contributed by atoms with van der Waals surface area (Å²) in [6, 6.07) is 9.66. The maximum absolute atomic E-state index is 12.3. The van der Waals surface area contributed by atoms with Gasteiger partial charge in [0.1, 0.15) is 17.3 Å². The largest absolute Gasteiger partial charge is 0.573 e. The summed E-state index contributed by atoms with van der Waals surface area (Å²) in [6.07, 6.45) is -3.84. The SMILES string of the molecule is FC(F)(F)Oc1ccc(-n2nc(-c3ccc(Br)s3)c3c2NCC3)cc1. The lowest BCUT2D eigenvalue weighted by molar-refractivity contribution is -0.274. The number of benzene rings is 1. The average molecular weight is 430 g/mol. The summed E-state index contributed by atoms with van der Waals surface area (Å²) >= 11 is 5.05. The van der Waals surface area contributed by atoms with E-state index in [4.69, 9.17) is 0 Å². The van der Waals surface area contributed by atoms with E-state index in [9.17, 15) is 13.2 Å². The van der Waals surface area contributed by atoms with Gasteiger partial charge in [0.25, 0.3) is 0 Å². The molecule has 4 nitrogen and oxygen atoms in total. The second kappa shape index (κ2) is 6.06. The molecule has 130 valence electrons. The Morgan fingerprint density at radius 1 is 1.16 bits per heavy atom. The summed E-state index contributed by atoms with van der Waals surface area (Å²) in [5.41, 5.74) is 2.68. The lowest BCUT2D eigenvalue weighted by Crippen LogP contribution is -2.17. The van der Waals surface area contributed by atoms with Gasteiger partial charge in [0, 0.05) is 12.1 Å². The molecule has 0 aliphatic carbocycles. The van der Waals surface area contributed by atoms with Crippen molar-refractivity contribution in [2.75, 3.05) is 11.9 Å². The molecule has 2 aromatic heterocycles. The molecular weight excluding hydrogens is 419 g/mol. The molecule has 1 N–H and O–H groups in total. The van der Waals surface area contributed by atoms with Gasteiger partial charge in [-0.05, 0) is 58.7 Å². The van der Waals surface area contributed by atoms with Crippen molar-refractivity contribution in [1.82, 2.24) is 9.78 Å². The van der Waals surface area contributed by atoms with Crippen LogP contribution in [0.3, 0.4) is 0 Å². The fourth-order valence-electron chi connectivity index (χ4n) is 2.79. The van der Waals surface area contributed by atoms with Gasteiger partial charge in [-0.1, -0.05) is 0 Å². The summed E-state index contributed by atoms with van der Waals surface area (Å²) in [7, 11) is 0. The van der Waals surface area contributed by atoms with Crippen molar-refractivity contribution in [2.24, 2.45) is 0 Å². The number of ether oxygens (including phenoxy) is 1.